The lowest BCUT2D eigenvalue weighted by molar-refractivity contribution is -0.135. The third-order valence-corrected chi connectivity index (χ3v) is 3.59. The first kappa shape index (κ1) is 14.0. The number of aromatic nitrogens is 2. The molecule has 1 aromatic rings. The summed E-state index contributed by atoms with van der Waals surface area (Å²) in [6.07, 6.45) is 4.66. The van der Waals surface area contributed by atoms with Crippen LogP contribution in [0.25, 0.3) is 0 Å². The van der Waals surface area contributed by atoms with Gasteiger partial charge in [0, 0.05) is 25.8 Å². The summed E-state index contributed by atoms with van der Waals surface area (Å²) in [5, 5.41) is 4.25. The van der Waals surface area contributed by atoms with Gasteiger partial charge in [0.2, 0.25) is 5.91 Å². The van der Waals surface area contributed by atoms with Gasteiger partial charge in [-0.15, -0.1) is 0 Å². The molecule has 19 heavy (non-hydrogen) atoms. The lowest BCUT2D eigenvalue weighted by Crippen LogP contribution is -2.56. The van der Waals surface area contributed by atoms with Crippen LogP contribution in [0.4, 0.5) is 0 Å². The van der Waals surface area contributed by atoms with Gasteiger partial charge in [-0.2, -0.15) is 5.10 Å². The fraction of sp³-hybridized carbons (Fsp3) is 0.692. The van der Waals surface area contributed by atoms with Crippen molar-refractivity contribution in [2.24, 2.45) is 5.73 Å². The highest BCUT2D eigenvalue weighted by Gasteiger charge is 2.33. The molecule has 1 aromatic heterocycles. The number of nitrogens with zero attached hydrogens (tertiary/aromatic N) is 3. The Kier molecular flexibility index (Phi) is 4.55. The maximum absolute atomic E-state index is 11.5. The molecular formula is C13H22N4O2. The van der Waals surface area contributed by atoms with E-state index in [0.717, 1.165) is 26.1 Å². The van der Waals surface area contributed by atoms with Gasteiger partial charge in [-0.1, -0.05) is 0 Å². The SMILES string of the molecule is CCn1cc(CCN2CCO[C@H](C)[C@H]2C(N)=O)cn1. The van der Waals surface area contributed by atoms with E-state index in [0.29, 0.717) is 6.61 Å². The van der Waals surface area contributed by atoms with Gasteiger partial charge >= 0.3 is 0 Å². The van der Waals surface area contributed by atoms with Crippen molar-refractivity contribution in [3.8, 4) is 0 Å². The number of nitrogens with two attached hydrogens (primary N) is 1. The molecule has 1 aliphatic heterocycles. The van der Waals surface area contributed by atoms with E-state index in [1.165, 1.54) is 5.56 Å². The Morgan fingerprint density at radius 1 is 1.63 bits per heavy atom. The number of carbonyl (C=O) groups is 1. The summed E-state index contributed by atoms with van der Waals surface area (Å²) in [6.45, 7) is 7.04. The summed E-state index contributed by atoms with van der Waals surface area (Å²) in [5.41, 5.74) is 6.65. The first-order valence-electron chi connectivity index (χ1n) is 6.78. The number of carbonyl (C=O) groups excluding carboxylic acids is 1. The molecule has 1 amide bonds. The van der Waals surface area contributed by atoms with Crippen molar-refractivity contribution in [3.05, 3.63) is 18.0 Å². The van der Waals surface area contributed by atoms with Crippen molar-refractivity contribution >= 4 is 5.91 Å². The molecule has 6 heteroatoms. The fourth-order valence-corrected chi connectivity index (χ4v) is 2.53. The average Bonchev–Trinajstić information content (AvgIpc) is 2.83. The molecule has 1 aliphatic rings. The molecule has 2 rings (SSSR count). The van der Waals surface area contributed by atoms with E-state index in [9.17, 15) is 4.79 Å². The summed E-state index contributed by atoms with van der Waals surface area (Å²) < 4.78 is 7.40. The van der Waals surface area contributed by atoms with E-state index in [4.69, 9.17) is 10.5 Å². The molecule has 0 saturated carbocycles. The number of morpholine rings is 1. The predicted octanol–water partition coefficient (Wildman–Crippen LogP) is 0.0201. The van der Waals surface area contributed by atoms with E-state index in [1.54, 1.807) is 0 Å². The van der Waals surface area contributed by atoms with Gasteiger partial charge < -0.3 is 10.5 Å². The van der Waals surface area contributed by atoms with E-state index in [1.807, 2.05) is 24.0 Å². The van der Waals surface area contributed by atoms with Crippen LogP contribution in [0.3, 0.4) is 0 Å². The summed E-state index contributed by atoms with van der Waals surface area (Å²) >= 11 is 0. The Bertz CT molecular complexity index is 432. The van der Waals surface area contributed by atoms with E-state index in [-0.39, 0.29) is 18.1 Å². The fourth-order valence-electron chi connectivity index (χ4n) is 2.53. The predicted molar refractivity (Wildman–Crippen MR) is 71.6 cm³/mol. The van der Waals surface area contributed by atoms with Crippen molar-refractivity contribution in [3.63, 3.8) is 0 Å². The molecule has 1 saturated heterocycles. The second kappa shape index (κ2) is 6.16. The van der Waals surface area contributed by atoms with Gasteiger partial charge in [0.15, 0.2) is 0 Å². The van der Waals surface area contributed by atoms with E-state index >= 15 is 0 Å². The van der Waals surface area contributed by atoms with E-state index < -0.39 is 0 Å². The quantitative estimate of drug-likeness (QED) is 0.815. The van der Waals surface area contributed by atoms with Gasteiger partial charge in [0.25, 0.3) is 0 Å². The minimum Gasteiger partial charge on any atom is -0.375 e. The van der Waals surface area contributed by atoms with Crippen LogP contribution in [-0.2, 0) is 22.5 Å². The smallest absolute Gasteiger partial charge is 0.237 e. The van der Waals surface area contributed by atoms with Crippen LogP contribution in [0, 0.1) is 0 Å². The lowest BCUT2D eigenvalue weighted by Gasteiger charge is -2.37. The largest absolute Gasteiger partial charge is 0.375 e. The van der Waals surface area contributed by atoms with Crippen LogP contribution in [0.2, 0.25) is 0 Å². The molecule has 0 aliphatic carbocycles. The molecule has 2 N–H and O–H groups in total. The highest BCUT2D eigenvalue weighted by molar-refractivity contribution is 5.80. The monoisotopic (exact) mass is 266 g/mol. The highest BCUT2D eigenvalue weighted by Crippen LogP contribution is 2.14. The molecular weight excluding hydrogens is 244 g/mol. The Morgan fingerprint density at radius 2 is 2.42 bits per heavy atom. The Labute approximate surface area is 113 Å². The van der Waals surface area contributed by atoms with Crippen LogP contribution in [0.5, 0.6) is 0 Å². The van der Waals surface area contributed by atoms with Crippen molar-refractivity contribution in [2.75, 3.05) is 19.7 Å². The molecule has 0 aromatic carbocycles. The van der Waals surface area contributed by atoms with Gasteiger partial charge in [-0.25, -0.2) is 0 Å². The van der Waals surface area contributed by atoms with Crippen LogP contribution in [-0.4, -0.2) is 52.4 Å². The number of ether oxygens (including phenoxy) is 1. The van der Waals surface area contributed by atoms with Crippen LogP contribution in [0.15, 0.2) is 12.4 Å². The molecule has 0 bridgehead atoms. The molecule has 2 atom stereocenters. The summed E-state index contributed by atoms with van der Waals surface area (Å²) in [4.78, 5) is 13.6. The number of amides is 1. The first-order chi connectivity index (χ1) is 9.11. The number of rotatable bonds is 5. The molecule has 6 nitrogen and oxygen atoms in total. The lowest BCUT2D eigenvalue weighted by atomic mass is 10.1. The first-order valence-corrected chi connectivity index (χ1v) is 6.78. The van der Waals surface area contributed by atoms with Crippen molar-refractivity contribution in [1.29, 1.82) is 0 Å². The standard InChI is InChI=1S/C13H22N4O2/c1-3-17-9-11(8-15-17)4-5-16-6-7-19-10(2)12(16)13(14)18/h8-10,12H,3-7H2,1-2H3,(H2,14,18)/t10-,12+/m1/s1. The van der Waals surface area contributed by atoms with Crippen molar-refractivity contribution in [1.82, 2.24) is 14.7 Å². The number of hydrogen-bond acceptors (Lipinski definition) is 4. The minimum absolute atomic E-state index is 0.135. The second-order valence-electron chi connectivity index (χ2n) is 4.91. The van der Waals surface area contributed by atoms with Gasteiger partial charge in [0.05, 0.1) is 18.9 Å². The summed E-state index contributed by atoms with van der Waals surface area (Å²) in [6, 6.07) is -0.324. The third-order valence-electron chi connectivity index (χ3n) is 3.59. The normalized spacial score (nSPS) is 24.5. The number of primary amides is 1. The number of aryl methyl sites for hydroxylation is 1. The zero-order chi connectivity index (χ0) is 13.8. The highest BCUT2D eigenvalue weighted by atomic mass is 16.5. The Morgan fingerprint density at radius 3 is 3.05 bits per heavy atom. The zero-order valence-corrected chi connectivity index (χ0v) is 11.6. The average molecular weight is 266 g/mol. The summed E-state index contributed by atoms with van der Waals surface area (Å²) in [5.74, 6) is -0.309. The van der Waals surface area contributed by atoms with Crippen LogP contribution >= 0.6 is 0 Å². The minimum atomic E-state index is -0.324. The topological polar surface area (TPSA) is 73.4 Å². The number of hydrogen-bond donors (Lipinski definition) is 1. The molecule has 106 valence electrons. The molecule has 0 spiro atoms. The zero-order valence-electron chi connectivity index (χ0n) is 11.6. The van der Waals surface area contributed by atoms with Gasteiger partial charge in [-0.3, -0.25) is 14.4 Å². The Hall–Kier alpha value is -1.40. The maximum atomic E-state index is 11.5. The van der Waals surface area contributed by atoms with E-state index in [2.05, 4.69) is 16.9 Å². The van der Waals surface area contributed by atoms with Crippen molar-refractivity contribution in [2.45, 2.75) is 39.0 Å². The second-order valence-corrected chi connectivity index (χ2v) is 4.91. The molecule has 1 fully saturated rings. The van der Waals surface area contributed by atoms with Crippen LogP contribution in [0.1, 0.15) is 19.4 Å². The molecule has 2 heterocycles. The molecule has 0 radical (unpaired) electrons. The van der Waals surface area contributed by atoms with Gasteiger partial charge in [0.1, 0.15) is 6.04 Å². The summed E-state index contributed by atoms with van der Waals surface area (Å²) in [7, 11) is 0. The van der Waals surface area contributed by atoms with Gasteiger partial charge in [-0.05, 0) is 25.8 Å². The maximum Gasteiger partial charge on any atom is 0.237 e. The molecule has 0 unspecified atom stereocenters. The third kappa shape index (κ3) is 3.33. The Balaban J connectivity index is 1.94. The van der Waals surface area contributed by atoms with Crippen LogP contribution < -0.4 is 5.73 Å². The van der Waals surface area contributed by atoms with Crippen molar-refractivity contribution < 1.29 is 9.53 Å².